The average Bonchev–Trinajstić information content (AvgIpc) is 2.77. The second-order valence-electron chi connectivity index (χ2n) is 9.68. The standard InChI is InChI=1S/C28H54Si2/c1-7-13-21-29(22-14-8-2,23-15-9-3)27-19-20-28-30(24-16-10-4,25-17-11-5)26-18-12-6/h7-18,21-26H2,1-6H3. The first kappa shape index (κ1) is 29.6. The van der Waals surface area contributed by atoms with Crippen LogP contribution in [0, 0.1) is 22.9 Å². The molecule has 0 heterocycles. The van der Waals surface area contributed by atoms with Gasteiger partial charge in [0.1, 0.15) is 16.1 Å². The average molecular weight is 447 g/mol. The van der Waals surface area contributed by atoms with Gasteiger partial charge < -0.3 is 0 Å². The van der Waals surface area contributed by atoms with Crippen molar-refractivity contribution in [3.8, 4) is 22.9 Å². The van der Waals surface area contributed by atoms with Crippen molar-refractivity contribution in [3.05, 3.63) is 0 Å². The third kappa shape index (κ3) is 13.1. The zero-order chi connectivity index (χ0) is 22.6. The van der Waals surface area contributed by atoms with E-state index in [-0.39, 0.29) is 0 Å². The molecule has 0 aromatic rings. The Morgan fingerprint density at radius 2 is 0.567 bits per heavy atom. The molecule has 0 aliphatic rings. The zero-order valence-electron chi connectivity index (χ0n) is 21.7. The van der Waals surface area contributed by atoms with Crippen LogP contribution in [0.4, 0.5) is 0 Å². The summed E-state index contributed by atoms with van der Waals surface area (Å²) < 4.78 is 0. The van der Waals surface area contributed by atoms with E-state index in [2.05, 4.69) is 64.5 Å². The van der Waals surface area contributed by atoms with Crippen LogP contribution in [0.1, 0.15) is 119 Å². The summed E-state index contributed by atoms with van der Waals surface area (Å²) in [6.07, 6.45) is 16.0. The smallest absolute Gasteiger partial charge is 0.117 e. The van der Waals surface area contributed by atoms with Crippen molar-refractivity contribution in [2.75, 3.05) is 0 Å². The maximum absolute atomic E-state index is 3.92. The third-order valence-electron chi connectivity index (χ3n) is 6.77. The van der Waals surface area contributed by atoms with Crippen molar-refractivity contribution in [2.24, 2.45) is 0 Å². The zero-order valence-corrected chi connectivity index (χ0v) is 23.7. The minimum Gasteiger partial charge on any atom is -0.117 e. The summed E-state index contributed by atoms with van der Waals surface area (Å²) in [6.45, 7) is 14.0. The third-order valence-corrected chi connectivity index (χ3v) is 15.9. The molecule has 2 heteroatoms. The Balaban J connectivity index is 5.73. The van der Waals surface area contributed by atoms with Crippen molar-refractivity contribution in [2.45, 2.75) is 155 Å². The number of rotatable bonds is 18. The normalized spacial score (nSPS) is 11.5. The fourth-order valence-corrected chi connectivity index (χ4v) is 13.6. The van der Waals surface area contributed by atoms with E-state index in [1.807, 2.05) is 0 Å². The lowest BCUT2D eigenvalue weighted by Gasteiger charge is -2.26. The van der Waals surface area contributed by atoms with E-state index < -0.39 is 16.1 Å². The highest BCUT2D eigenvalue weighted by Crippen LogP contribution is 2.29. The first-order valence-corrected chi connectivity index (χ1v) is 18.9. The van der Waals surface area contributed by atoms with Crippen molar-refractivity contribution < 1.29 is 0 Å². The first-order valence-electron chi connectivity index (χ1n) is 13.6. The molecular weight excluding hydrogens is 392 g/mol. The highest BCUT2D eigenvalue weighted by atomic mass is 28.3. The van der Waals surface area contributed by atoms with Crippen LogP contribution in [0.25, 0.3) is 0 Å². The summed E-state index contributed by atoms with van der Waals surface area (Å²) in [6, 6.07) is 8.43. The Morgan fingerprint density at radius 1 is 0.367 bits per heavy atom. The monoisotopic (exact) mass is 446 g/mol. The minimum absolute atomic E-state index is 1.31. The molecule has 0 aliphatic carbocycles. The molecule has 0 N–H and O–H groups in total. The lowest BCUT2D eigenvalue weighted by Crippen LogP contribution is -2.33. The summed E-state index contributed by atoms with van der Waals surface area (Å²) in [5.41, 5.74) is 7.83. The molecule has 0 atom stereocenters. The van der Waals surface area contributed by atoms with Gasteiger partial charge in [-0.3, -0.25) is 0 Å². The van der Waals surface area contributed by atoms with E-state index in [1.165, 1.54) is 113 Å². The quantitative estimate of drug-likeness (QED) is 0.145. The molecular formula is C28H54Si2. The van der Waals surface area contributed by atoms with Crippen LogP contribution in [-0.4, -0.2) is 16.1 Å². The predicted molar refractivity (Wildman–Crippen MR) is 145 cm³/mol. The summed E-state index contributed by atoms with van der Waals surface area (Å²) in [5.74, 6) is 7.05. The summed E-state index contributed by atoms with van der Waals surface area (Å²) in [7, 11) is -2.96. The van der Waals surface area contributed by atoms with Gasteiger partial charge in [0.15, 0.2) is 0 Å². The second kappa shape index (κ2) is 19.3. The molecule has 0 aromatic carbocycles. The van der Waals surface area contributed by atoms with Gasteiger partial charge in [-0.25, -0.2) is 0 Å². The van der Waals surface area contributed by atoms with Crippen molar-refractivity contribution in [3.63, 3.8) is 0 Å². The molecule has 174 valence electrons. The largest absolute Gasteiger partial charge is 0.139 e. The van der Waals surface area contributed by atoms with Crippen LogP contribution in [-0.2, 0) is 0 Å². The van der Waals surface area contributed by atoms with Gasteiger partial charge in [0.25, 0.3) is 0 Å². The van der Waals surface area contributed by atoms with Gasteiger partial charge in [-0.05, 0) is 48.1 Å². The van der Waals surface area contributed by atoms with E-state index in [1.54, 1.807) is 0 Å². The SMILES string of the molecule is CCCC[Si](C#CC#C[Si](CCCC)(CCCC)CCCC)(CCCC)CCCC. The molecule has 0 amide bonds. The fourth-order valence-electron chi connectivity index (χ4n) is 4.54. The minimum atomic E-state index is -1.48. The van der Waals surface area contributed by atoms with Gasteiger partial charge >= 0.3 is 0 Å². The van der Waals surface area contributed by atoms with E-state index >= 15 is 0 Å². The molecule has 0 saturated heterocycles. The Labute approximate surface area is 193 Å². The van der Waals surface area contributed by atoms with Crippen molar-refractivity contribution >= 4 is 16.1 Å². The Bertz CT molecular complexity index is 423. The molecule has 0 rings (SSSR count). The van der Waals surface area contributed by atoms with Crippen LogP contribution in [0.2, 0.25) is 36.3 Å². The van der Waals surface area contributed by atoms with Gasteiger partial charge in [-0.15, -0.1) is 11.1 Å². The number of hydrogen-bond acceptors (Lipinski definition) is 0. The molecule has 0 nitrogen and oxygen atoms in total. The van der Waals surface area contributed by atoms with E-state index in [9.17, 15) is 0 Å². The molecule has 0 aromatic heterocycles. The van der Waals surface area contributed by atoms with E-state index in [4.69, 9.17) is 0 Å². The van der Waals surface area contributed by atoms with Crippen molar-refractivity contribution in [1.82, 2.24) is 0 Å². The number of hydrogen-bond donors (Lipinski definition) is 0. The Kier molecular flexibility index (Phi) is 19.0. The maximum atomic E-state index is 3.92. The van der Waals surface area contributed by atoms with Gasteiger partial charge in [-0.2, -0.15) is 0 Å². The highest BCUT2D eigenvalue weighted by Gasteiger charge is 2.30. The lowest BCUT2D eigenvalue weighted by molar-refractivity contribution is 0.802. The van der Waals surface area contributed by atoms with Crippen LogP contribution in [0.5, 0.6) is 0 Å². The van der Waals surface area contributed by atoms with Crippen LogP contribution in [0.3, 0.4) is 0 Å². The maximum Gasteiger partial charge on any atom is 0.139 e. The fraction of sp³-hybridized carbons (Fsp3) is 0.857. The van der Waals surface area contributed by atoms with Gasteiger partial charge in [0, 0.05) is 0 Å². The van der Waals surface area contributed by atoms with Crippen LogP contribution in [0.15, 0.2) is 0 Å². The summed E-state index contributed by atoms with van der Waals surface area (Å²) >= 11 is 0. The summed E-state index contributed by atoms with van der Waals surface area (Å²) in [4.78, 5) is 0. The van der Waals surface area contributed by atoms with Gasteiger partial charge in [-0.1, -0.05) is 119 Å². The van der Waals surface area contributed by atoms with E-state index in [0.717, 1.165) is 0 Å². The number of unbranched alkanes of at least 4 members (excludes halogenated alkanes) is 6. The van der Waals surface area contributed by atoms with Gasteiger partial charge in [0.05, 0.1) is 0 Å². The molecule has 0 radical (unpaired) electrons. The lowest BCUT2D eigenvalue weighted by atomic mass is 10.4. The molecule has 0 fully saturated rings. The first-order chi connectivity index (χ1) is 14.6. The van der Waals surface area contributed by atoms with Crippen molar-refractivity contribution in [1.29, 1.82) is 0 Å². The second-order valence-corrected chi connectivity index (χ2v) is 18.3. The molecule has 0 saturated carbocycles. The topological polar surface area (TPSA) is 0 Å². The highest BCUT2D eigenvalue weighted by molar-refractivity contribution is 6.88. The Morgan fingerprint density at radius 3 is 0.733 bits per heavy atom. The molecule has 30 heavy (non-hydrogen) atoms. The van der Waals surface area contributed by atoms with E-state index in [0.29, 0.717) is 0 Å². The van der Waals surface area contributed by atoms with Crippen LogP contribution >= 0.6 is 0 Å². The molecule has 0 unspecified atom stereocenters. The van der Waals surface area contributed by atoms with Gasteiger partial charge in [0.2, 0.25) is 0 Å². The molecule has 0 aliphatic heterocycles. The molecule has 0 bridgehead atoms. The van der Waals surface area contributed by atoms with Crippen LogP contribution < -0.4 is 0 Å². The predicted octanol–water partition coefficient (Wildman–Crippen LogP) is 9.77. The Hall–Kier alpha value is -0.446. The molecule has 0 spiro atoms. The summed E-state index contributed by atoms with van der Waals surface area (Å²) in [5, 5.41) is 0.